The topological polar surface area (TPSA) is 3.24 Å². The summed E-state index contributed by atoms with van der Waals surface area (Å²) in [7, 11) is 0. The zero-order chi connectivity index (χ0) is 32.7. The molecule has 1 heterocycles. The Balaban J connectivity index is 1.24. The van der Waals surface area contributed by atoms with E-state index >= 15 is 0 Å². The van der Waals surface area contributed by atoms with Crippen LogP contribution in [0.1, 0.15) is 25.0 Å². The predicted molar refractivity (Wildman–Crippen MR) is 211 cm³/mol. The second kappa shape index (κ2) is 10.8. The van der Waals surface area contributed by atoms with Crippen LogP contribution in [-0.4, -0.2) is 14.5 Å². The van der Waals surface area contributed by atoms with Crippen LogP contribution in [0, 0.1) is 0 Å². The minimum atomic E-state index is -0.149. The van der Waals surface area contributed by atoms with Gasteiger partial charge in [-0.25, -0.2) is 0 Å². The van der Waals surface area contributed by atoms with Gasteiger partial charge in [-0.1, -0.05) is 18.2 Å². The molecule has 232 valence electrons. The van der Waals surface area contributed by atoms with Crippen molar-refractivity contribution >= 4 is 72.4 Å². The van der Waals surface area contributed by atoms with Gasteiger partial charge in [-0.05, 0) is 0 Å². The molecule has 0 bridgehead atoms. The van der Waals surface area contributed by atoms with Crippen molar-refractivity contribution in [2.75, 3.05) is 4.90 Å². The van der Waals surface area contributed by atoms with Gasteiger partial charge in [0.25, 0.3) is 0 Å². The Morgan fingerprint density at radius 3 is 2.04 bits per heavy atom. The molecule has 0 saturated carbocycles. The van der Waals surface area contributed by atoms with Crippen molar-refractivity contribution in [2.24, 2.45) is 0 Å². The Bertz CT molecular complexity index is 2730. The fourth-order valence-electron chi connectivity index (χ4n) is 8.31. The number of nitrogens with zero attached hydrogens (tertiary/aromatic N) is 1. The second-order valence-electron chi connectivity index (χ2n) is 13.7. The third kappa shape index (κ3) is 4.31. The van der Waals surface area contributed by atoms with Gasteiger partial charge in [0, 0.05) is 0 Å². The van der Waals surface area contributed by atoms with Crippen molar-refractivity contribution in [3.8, 4) is 22.3 Å². The molecule has 0 unspecified atom stereocenters. The van der Waals surface area contributed by atoms with Crippen LogP contribution in [0.15, 0.2) is 164 Å². The SMILES string of the molecule is CC1(C)c2ccccc2-c2cccc(N(c3ccc(-c4ccccc4)cc3)c3ccc4ccc5ccc6c7ccccc7[se]c6c5c4c3)c21. The Hall–Kier alpha value is -5.40. The maximum atomic E-state index is 2.50. The standard InChI is InChI=1S/C47H33NSe/c1-47(2)41-16-8-6-13-36(41)38-15-10-17-42(45(38)47)48(34-25-21-31(22-26-34)30-11-4-3-5-12-30)35-27-23-32-19-20-33-24-28-39-37-14-7-9-18-43(37)49-46(39)44(33)40(32)29-35/h3-29H,1-2H3. The molecule has 1 aliphatic carbocycles. The van der Waals surface area contributed by atoms with E-state index in [9.17, 15) is 0 Å². The first-order chi connectivity index (χ1) is 24.1. The summed E-state index contributed by atoms with van der Waals surface area (Å²) in [6.07, 6.45) is 0. The summed E-state index contributed by atoms with van der Waals surface area (Å²) in [6, 6.07) is 60.9. The van der Waals surface area contributed by atoms with E-state index in [1.54, 1.807) is 0 Å². The van der Waals surface area contributed by atoms with Gasteiger partial charge in [0.1, 0.15) is 0 Å². The molecule has 0 N–H and O–H groups in total. The van der Waals surface area contributed by atoms with Crippen LogP contribution in [0.25, 0.3) is 63.1 Å². The fraction of sp³-hybridized carbons (Fsp3) is 0.0638. The van der Waals surface area contributed by atoms with Gasteiger partial charge >= 0.3 is 276 Å². The summed E-state index contributed by atoms with van der Waals surface area (Å²) in [5.74, 6) is 0. The molecule has 0 amide bonds. The molecule has 0 atom stereocenters. The molecular formula is C47H33NSe. The van der Waals surface area contributed by atoms with E-state index < -0.39 is 0 Å². The van der Waals surface area contributed by atoms with E-state index in [0.717, 1.165) is 5.69 Å². The van der Waals surface area contributed by atoms with E-state index in [1.165, 1.54) is 85.6 Å². The number of anilines is 3. The Kier molecular flexibility index (Phi) is 6.31. The van der Waals surface area contributed by atoms with Gasteiger partial charge in [0.2, 0.25) is 0 Å². The Morgan fingerprint density at radius 2 is 1.16 bits per heavy atom. The predicted octanol–water partition coefficient (Wildman–Crippen LogP) is 12.8. The summed E-state index contributed by atoms with van der Waals surface area (Å²) < 4.78 is 2.98. The molecule has 1 aliphatic rings. The van der Waals surface area contributed by atoms with Gasteiger partial charge in [-0.2, -0.15) is 0 Å². The van der Waals surface area contributed by atoms with Crippen LogP contribution < -0.4 is 4.90 Å². The van der Waals surface area contributed by atoms with E-state index in [1.807, 2.05) is 0 Å². The van der Waals surface area contributed by atoms with E-state index in [-0.39, 0.29) is 19.9 Å². The quantitative estimate of drug-likeness (QED) is 0.131. The molecule has 1 aromatic heterocycles. The zero-order valence-electron chi connectivity index (χ0n) is 27.4. The molecule has 1 nitrogen and oxygen atoms in total. The summed E-state index contributed by atoms with van der Waals surface area (Å²) in [6.45, 7) is 4.77. The third-order valence-corrected chi connectivity index (χ3v) is 13.1. The molecule has 0 spiro atoms. The molecule has 9 aromatic rings. The Labute approximate surface area is 292 Å². The molecule has 2 heteroatoms. The van der Waals surface area contributed by atoms with Crippen LogP contribution in [0.2, 0.25) is 0 Å². The number of rotatable bonds is 4. The summed E-state index contributed by atoms with van der Waals surface area (Å²) in [5.41, 5.74) is 11.3. The first kappa shape index (κ1) is 28.6. The van der Waals surface area contributed by atoms with Gasteiger partial charge in [-0.15, -0.1) is 0 Å². The van der Waals surface area contributed by atoms with Crippen molar-refractivity contribution in [2.45, 2.75) is 19.3 Å². The first-order valence-corrected chi connectivity index (χ1v) is 18.7. The van der Waals surface area contributed by atoms with Crippen molar-refractivity contribution in [1.29, 1.82) is 0 Å². The van der Waals surface area contributed by atoms with Gasteiger partial charge < -0.3 is 0 Å². The number of fused-ring (bicyclic) bond motifs is 10. The molecule has 10 rings (SSSR count). The summed E-state index contributed by atoms with van der Waals surface area (Å²) >= 11 is 0.263. The fourth-order valence-corrected chi connectivity index (χ4v) is 11.0. The minimum absolute atomic E-state index is 0.149. The Morgan fingerprint density at radius 1 is 0.490 bits per heavy atom. The second-order valence-corrected chi connectivity index (χ2v) is 15.9. The molecule has 0 aliphatic heterocycles. The number of benzene rings is 8. The average Bonchev–Trinajstić information content (AvgIpc) is 3.65. The zero-order valence-corrected chi connectivity index (χ0v) is 29.2. The van der Waals surface area contributed by atoms with Crippen molar-refractivity contribution < 1.29 is 0 Å². The number of hydrogen-bond acceptors (Lipinski definition) is 1. The van der Waals surface area contributed by atoms with Crippen LogP contribution >= 0.6 is 0 Å². The van der Waals surface area contributed by atoms with Crippen LogP contribution in [0.3, 0.4) is 0 Å². The van der Waals surface area contributed by atoms with Crippen molar-refractivity contribution in [3.63, 3.8) is 0 Å². The summed E-state index contributed by atoms with van der Waals surface area (Å²) in [4.78, 5) is 2.50. The van der Waals surface area contributed by atoms with Crippen molar-refractivity contribution in [1.82, 2.24) is 0 Å². The first-order valence-electron chi connectivity index (χ1n) is 17.0. The van der Waals surface area contributed by atoms with Gasteiger partial charge in [0.15, 0.2) is 0 Å². The van der Waals surface area contributed by atoms with Crippen LogP contribution in [0.5, 0.6) is 0 Å². The van der Waals surface area contributed by atoms with Crippen LogP contribution in [0.4, 0.5) is 17.1 Å². The molecule has 0 radical (unpaired) electrons. The van der Waals surface area contributed by atoms with E-state index in [2.05, 4.69) is 183 Å². The number of hydrogen-bond donors (Lipinski definition) is 0. The molecule has 0 fully saturated rings. The molecular weight excluding hydrogens is 657 g/mol. The van der Waals surface area contributed by atoms with E-state index in [0.29, 0.717) is 0 Å². The van der Waals surface area contributed by atoms with Gasteiger partial charge in [-0.3, -0.25) is 0 Å². The molecule has 0 saturated heterocycles. The maximum absolute atomic E-state index is 2.50. The average molecular weight is 691 g/mol. The summed E-state index contributed by atoms with van der Waals surface area (Å²) in [5, 5.41) is 8.11. The molecule has 49 heavy (non-hydrogen) atoms. The third-order valence-electron chi connectivity index (χ3n) is 10.6. The normalized spacial score (nSPS) is 13.3. The van der Waals surface area contributed by atoms with E-state index in [4.69, 9.17) is 0 Å². The monoisotopic (exact) mass is 691 g/mol. The van der Waals surface area contributed by atoms with Crippen molar-refractivity contribution in [3.05, 3.63) is 175 Å². The molecule has 8 aromatic carbocycles. The van der Waals surface area contributed by atoms with Crippen LogP contribution in [-0.2, 0) is 5.41 Å². The van der Waals surface area contributed by atoms with Gasteiger partial charge in [0.05, 0.1) is 0 Å².